The quantitative estimate of drug-likeness (QED) is 0.487. The summed E-state index contributed by atoms with van der Waals surface area (Å²) in [5, 5.41) is 8.51. The largest absolute Gasteiger partial charge is 0.331 e. The van der Waals surface area contributed by atoms with E-state index in [9.17, 15) is 0 Å². The minimum absolute atomic E-state index is 0.387. The first-order valence-electron chi connectivity index (χ1n) is 6.17. The normalized spacial score (nSPS) is 10.6. The Kier molecular flexibility index (Phi) is 5.56. The summed E-state index contributed by atoms with van der Waals surface area (Å²) in [5.41, 5.74) is 5.44. The number of hydrogen-bond donors (Lipinski definition) is 2. The van der Waals surface area contributed by atoms with E-state index in [2.05, 4.69) is 15.8 Å². The fourth-order valence-corrected chi connectivity index (χ4v) is 2.25. The van der Waals surface area contributed by atoms with Crippen LogP contribution in [0.5, 0.6) is 0 Å². The van der Waals surface area contributed by atoms with Crippen molar-refractivity contribution in [2.45, 2.75) is 6.92 Å². The third kappa shape index (κ3) is 4.70. The van der Waals surface area contributed by atoms with Crippen LogP contribution in [-0.4, -0.2) is 11.3 Å². The van der Waals surface area contributed by atoms with Crippen molar-refractivity contribution in [2.24, 2.45) is 5.10 Å². The molecule has 2 aromatic carbocycles. The van der Waals surface area contributed by atoms with Gasteiger partial charge in [0.15, 0.2) is 5.11 Å². The van der Waals surface area contributed by atoms with Crippen molar-refractivity contribution in [2.75, 3.05) is 5.32 Å². The van der Waals surface area contributed by atoms with E-state index in [1.165, 1.54) is 11.8 Å². The van der Waals surface area contributed by atoms with Gasteiger partial charge in [-0.25, -0.2) is 0 Å². The van der Waals surface area contributed by atoms with Crippen molar-refractivity contribution in [3.63, 3.8) is 0 Å². The minimum Gasteiger partial charge on any atom is -0.331 e. The summed E-state index contributed by atoms with van der Waals surface area (Å²) in [7, 11) is 0. The monoisotopic (exact) mass is 337 g/mol. The number of hydrogen-bond acceptors (Lipinski definition) is 2. The van der Waals surface area contributed by atoms with Gasteiger partial charge in [-0.15, -0.1) is 0 Å². The second kappa shape index (κ2) is 7.41. The topological polar surface area (TPSA) is 36.4 Å². The van der Waals surface area contributed by atoms with Crippen molar-refractivity contribution in [1.29, 1.82) is 0 Å². The van der Waals surface area contributed by atoms with Crippen LogP contribution in [-0.2, 0) is 0 Å². The third-order valence-electron chi connectivity index (χ3n) is 2.67. The van der Waals surface area contributed by atoms with E-state index in [1.54, 1.807) is 18.2 Å². The number of nitrogens with zero attached hydrogens (tertiary/aromatic N) is 1. The summed E-state index contributed by atoms with van der Waals surface area (Å²) in [5.74, 6) is 0. The molecule has 0 aliphatic rings. The van der Waals surface area contributed by atoms with E-state index >= 15 is 0 Å². The van der Waals surface area contributed by atoms with Crippen LogP contribution in [0.2, 0.25) is 10.0 Å². The summed E-state index contributed by atoms with van der Waals surface area (Å²) >= 11 is 17.2. The predicted molar refractivity (Wildman–Crippen MR) is 94.6 cm³/mol. The van der Waals surface area contributed by atoms with Gasteiger partial charge in [0.2, 0.25) is 0 Å². The Morgan fingerprint density at radius 2 is 1.71 bits per heavy atom. The second-order valence-corrected chi connectivity index (χ2v) is 5.55. The van der Waals surface area contributed by atoms with E-state index in [0.717, 1.165) is 5.69 Å². The highest BCUT2D eigenvalue weighted by atomic mass is 35.5. The molecule has 0 amide bonds. The molecule has 0 aliphatic heterocycles. The van der Waals surface area contributed by atoms with Crippen LogP contribution in [0.25, 0.3) is 0 Å². The SMILES string of the molecule is Cc1ccc(NC(=S)N/N=C\c2c(Cl)cccc2Cl)cc1. The molecule has 0 aromatic heterocycles. The van der Waals surface area contributed by atoms with Gasteiger partial charge in [0, 0.05) is 11.3 Å². The van der Waals surface area contributed by atoms with Crippen LogP contribution >= 0.6 is 35.4 Å². The lowest BCUT2D eigenvalue weighted by molar-refractivity contribution is 1.05. The fourth-order valence-electron chi connectivity index (χ4n) is 1.59. The van der Waals surface area contributed by atoms with Crippen molar-refractivity contribution < 1.29 is 0 Å². The minimum atomic E-state index is 0.387. The van der Waals surface area contributed by atoms with Gasteiger partial charge in [-0.3, -0.25) is 5.43 Å². The molecular weight excluding hydrogens is 325 g/mol. The summed E-state index contributed by atoms with van der Waals surface area (Å²) in [4.78, 5) is 0. The van der Waals surface area contributed by atoms with Gasteiger partial charge in [0.1, 0.15) is 0 Å². The molecule has 2 N–H and O–H groups in total. The third-order valence-corrected chi connectivity index (χ3v) is 3.52. The molecule has 21 heavy (non-hydrogen) atoms. The number of thiocarbonyl (C=S) groups is 1. The first-order valence-corrected chi connectivity index (χ1v) is 7.33. The van der Waals surface area contributed by atoms with Crippen LogP contribution in [0.1, 0.15) is 11.1 Å². The molecule has 0 saturated heterocycles. The van der Waals surface area contributed by atoms with Gasteiger partial charge in [0.25, 0.3) is 0 Å². The van der Waals surface area contributed by atoms with Crippen molar-refractivity contribution in [1.82, 2.24) is 5.43 Å². The van der Waals surface area contributed by atoms with Gasteiger partial charge in [0.05, 0.1) is 16.3 Å². The van der Waals surface area contributed by atoms with Crippen LogP contribution in [0.3, 0.4) is 0 Å². The Hall–Kier alpha value is -1.62. The Balaban J connectivity index is 1.95. The molecule has 0 bridgehead atoms. The molecule has 0 unspecified atom stereocenters. The molecule has 0 radical (unpaired) electrons. The second-order valence-electron chi connectivity index (χ2n) is 4.33. The van der Waals surface area contributed by atoms with Gasteiger partial charge in [-0.1, -0.05) is 47.0 Å². The Morgan fingerprint density at radius 3 is 2.33 bits per heavy atom. The zero-order valence-electron chi connectivity index (χ0n) is 11.2. The molecule has 2 rings (SSSR count). The van der Waals surface area contributed by atoms with E-state index < -0.39 is 0 Å². The molecule has 0 spiro atoms. The van der Waals surface area contributed by atoms with E-state index in [1.807, 2.05) is 31.2 Å². The average Bonchev–Trinajstić information content (AvgIpc) is 2.45. The Bertz CT molecular complexity index is 649. The van der Waals surface area contributed by atoms with Gasteiger partial charge >= 0.3 is 0 Å². The molecule has 0 heterocycles. The summed E-state index contributed by atoms with van der Waals surface area (Å²) in [6.07, 6.45) is 1.54. The number of anilines is 1. The molecule has 0 saturated carbocycles. The zero-order valence-corrected chi connectivity index (χ0v) is 13.6. The Morgan fingerprint density at radius 1 is 1.10 bits per heavy atom. The van der Waals surface area contributed by atoms with Crippen molar-refractivity contribution in [3.05, 3.63) is 63.6 Å². The first kappa shape index (κ1) is 15.8. The molecule has 6 heteroatoms. The van der Waals surface area contributed by atoms with Crippen LogP contribution in [0, 0.1) is 6.92 Å². The zero-order chi connectivity index (χ0) is 15.2. The smallest absolute Gasteiger partial charge is 0.191 e. The Labute approximate surface area is 139 Å². The maximum absolute atomic E-state index is 6.04. The first-order chi connectivity index (χ1) is 10.1. The molecule has 108 valence electrons. The fraction of sp³-hybridized carbons (Fsp3) is 0.0667. The molecule has 0 fully saturated rings. The summed E-state index contributed by atoms with van der Waals surface area (Å²) in [6, 6.07) is 13.2. The highest BCUT2D eigenvalue weighted by Gasteiger charge is 2.02. The highest BCUT2D eigenvalue weighted by Crippen LogP contribution is 2.21. The number of aryl methyl sites for hydroxylation is 1. The number of hydrazone groups is 1. The van der Waals surface area contributed by atoms with Crippen LogP contribution < -0.4 is 10.7 Å². The average molecular weight is 338 g/mol. The van der Waals surface area contributed by atoms with Crippen LogP contribution in [0.15, 0.2) is 47.6 Å². The summed E-state index contributed by atoms with van der Waals surface area (Å²) < 4.78 is 0. The molecular formula is C15H13Cl2N3S. The van der Waals surface area contributed by atoms with Gasteiger partial charge in [-0.05, 0) is 43.4 Å². The molecule has 0 atom stereocenters. The van der Waals surface area contributed by atoms with Gasteiger partial charge in [-0.2, -0.15) is 5.10 Å². The predicted octanol–water partition coefficient (Wildman–Crippen LogP) is 4.62. The lowest BCUT2D eigenvalue weighted by Gasteiger charge is -2.07. The number of benzene rings is 2. The highest BCUT2D eigenvalue weighted by molar-refractivity contribution is 7.80. The van der Waals surface area contributed by atoms with Crippen LogP contribution in [0.4, 0.5) is 5.69 Å². The molecule has 0 aliphatic carbocycles. The van der Waals surface area contributed by atoms with Gasteiger partial charge < -0.3 is 5.32 Å². The molecule has 2 aromatic rings. The van der Waals surface area contributed by atoms with Crippen molar-refractivity contribution in [3.8, 4) is 0 Å². The standard InChI is InChI=1S/C15H13Cl2N3S/c1-10-5-7-11(8-6-10)19-15(21)20-18-9-12-13(16)3-2-4-14(12)17/h2-9H,1H3,(H2,19,20,21)/b18-9-. The molecule has 3 nitrogen and oxygen atoms in total. The van der Waals surface area contributed by atoms with E-state index in [0.29, 0.717) is 20.7 Å². The lowest BCUT2D eigenvalue weighted by Crippen LogP contribution is -2.23. The van der Waals surface area contributed by atoms with E-state index in [-0.39, 0.29) is 0 Å². The lowest BCUT2D eigenvalue weighted by atomic mass is 10.2. The maximum atomic E-state index is 6.04. The number of rotatable bonds is 3. The number of halogens is 2. The summed E-state index contributed by atoms with van der Waals surface area (Å²) in [6.45, 7) is 2.03. The number of nitrogens with one attached hydrogen (secondary N) is 2. The van der Waals surface area contributed by atoms with Crippen molar-refractivity contribution >= 4 is 52.4 Å². The van der Waals surface area contributed by atoms with E-state index in [4.69, 9.17) is 35.4 Å². The maximum Gasteiger partial charge on any atom is 0.191 e.